The number of rotatable bonds is 5. The summed E-state index contributed by atoms with van der Waals surface area (Å²) in [4.78, 5) is 18.4. The average Bonchev–Trinajstić information content (AvgIpc) is 2.68. The molecule has 0 spiro atoms. The van der Waals surface area contributed by atoms with E-state index in [9.17, 15) is 17.6 Å². The Kier molecular flexibility index (Phi) is 5.83. The number of amides is 1. The van der Waals surface area contributed by atoms with Gasteiger partial charge in [0.2, 0.25) is 15.9 Å². The van der Waals surface area contributed by atoms with E-state index >= 15 is 0 Å². The van der Waals surface area contributed by atoms with Crippen LogP contribution in [0.1, 0.15) is 23.2 Å². The Morgan fingerprint density at radius 1 is 1.18 bits per heavy atom. The van der Waals surface area contributed by atoms with Gasteiger partial charge in [-0.2, -0.15) is 0 Å². The predicted molar refractivity (Wildman–Crippen MR) is 103 cm³/mol. The second-order valence-corrected chi connectivity index (χ2v) is 8.72. The third-order valence-electron chi connectivity index (χ3n) is 4.69. The van der Waals surface area contributed by atoms with Crippen LogP contribution in [0.3, 0.4) is 0 Å². The quantitative estimate of drug-likeness (QED) is 0.760. The Bertz CT molecular complexity index is 925. The fraction of sp³-hybridized carbons (Fsp3) is 0.368. The number of nitrogens with zero attached hydrogens (tertiary/aromatic N) is 3. The van der Waals surface area contributed by atoms with Gasteiger partial charge in [0.1, 0.15) is 11.9 Å². The van der Waals surface area contributed by atoms with Crippen molar-refractivity contribution in [2.24, 2.45) is 0 Å². The number of anilines is 1. The van der Waals surface area contributed by atoms with Crippen LogP contribution in [0.4, 0.5) is 10.1 Å². The summed E-state index contributed by atoms with van der Waals surface area (Å²) in [6.07, 6.45) is 3.80. The van der Waals surface area contributed by atoms with Crippen LogP contribution in [-0.2, 0) is 10.0 Å². The van der Waals surface area contributed by atoms with E-state index in [2.05, 4.69) is 4.98 Å². The largest absolute Gasteiger partial charge is 0.474 e. The SMILES string of the molecule is CN(c1ccc(OC2CCN(C(=O)c3ccc(F)cc3)CC2)nc1)S(C)(=O)=O. The van der Waals surface area contributed by atoms with Crippen molar-refractivity contribution in [1.29, 1.82) is 0 Å². The highest BCUT2D eigenvalue weighted by Crippen LogP contribution is 2.21. The van der Waals surface area contributed by atoms with Crippen LogP contribution in [0, 0.1) is 5.82 Å². The van der Waals surface area contributed by atoms with Crippen LogP contribution in [0.5, 0.6) is 5.88 Å². The summed E-state index contributed by atoms with van der Waals surface area (Å²) in [6, 6.07) is 8.79. The zero-order valence-corrected chi connectivity index (χ0v) is 16.5. The summed E-state index contributed by atoms with van der Waals surface area (Å²) in [5, 5.41) is 0. The molecule has 0 aliphatic carbocycles. The highest BCUT2D eigenvalue weighted by molar-refractivity contribution is 7.92. The third kappa shape index (κ3) is 4.78. The van der Waals surface area contributed by atoms with Gasteiger partial charge in [0, 0.05) is 44.6 Å². The van der Waals surface area contributed by atoms with Gasteiger partial charge in [-0.05, 0) is 30.3 Å². The van der Waals surface area contributed by atoms with E-state index in [1.54, 1.807) is 17.0 Å². The van der Waals surface area contributed by atoms with E-state index in [4.69, 9.17) is 4.74 Å². The van der Waals surface area contributed by atoms with Gasteiger partial charge in [-0.1, -0.05) is 0 Å². The molecule has 0 radical (unpaired) electrons. The lowest BCUT2D eigenvalue weighted by molar-refractivity contribution is 0.0588. The van der Waals surface area contributed by atoms with E-state index in [1.807, 2.05) is 0 Å². The van der Waals surface area contributed by atoms with Gasteiger partial charge < -0.3 is 9.64 Å². The fourth-order valence-electron chi connectivity index (χ4n) is 2.94. The third-order valence-corrected chi connectivity index (χ3v) is 5.90. The standard InChI is InChI=1S/C19H22FN3O4S/c1-22(28(2,25)26)16-7-8-18(21-13-16)27-17-9-11-23(12-10-17)19(24)14-3-5-15(20)6-4-14/h3-8,13,17H,9-12H2,1-2H3. The fourth-order valence-corrected chi connectivity index (χ4v) is 3.43. The number of carbonyl (C=O) groups excluding carboxylic acids is 1. The number of aromatic nitrogens is 1. The number of hydrogen-bond acceptors (Lipinski definition) is 5. The molecule has 1 fully saturated rings. The Morgan fingerprint density at radius 3 is 2.36 bits per heavy atom. The molecule has 28 heavy (non-hydrogen) atoms. The van der Waals surface area contributed by atoms with Crippen molar-refractivity contribution in [2.45, 2.75) is 18.9 Å². The van der Waals surface area contributed by atoms with Crippen molar-refractivity contribution in [3.05, 3.63) is 54.0 Å². The summed E-state index contributed by atoms with van der Waals surface area (Å²) < 4.78 is 43.1. The minimum atomic E-state index is -3.34. The van der Waals surface area contributed by atoms with Gasteiger partial charge in [-0.25, -0.2) is 17.8 Å². The first kappa shape index (κ1) is 20.1. The van der Waals surface area contributed by atoms with Gasteiger partial charge in [-0.15, -0.1) is 0 Å². The molecule has 0 unspecified atom stereocenters. The van der Waals surface area contributed by atoms with Crippen LogP contribution in [0.15, 0.2) is 42.6 Å². The van der Waals surface area contributed by atoms with Crippen LogP contribution < -0.4 is 9.04 Å². The molecule has 1 aromatic heterocycles. The summed E-state index contributed by atoms with van der Waals surface area (Å²) in [7, 11) is -1.88. The van der Waals surface area contributed by atoms with E-state index in [0.29, 0.717) is 43.1 Å². The number of sulfonamides is 1. The number of halogens is 1. The second kappa shape index (κ2) is 8.14. The lowest BCUT2D eigenvalue weighted by Crippen LogP contribution is -2.41. The lowest BCUT2D eigenvalue weighted by Gasteiger charge is -2.32. The maximum absolute atomic E-state index is 13.0. The van der Waals surface area contributed by atoms with E-state index < -0.39 is 10.0 Å². The van der Waals surface area contributed by atoms with Crippen LogP contribution in [0.2, 0.25) is 0 Å². The van der Waals surface area contributed by atoms with Crippen molar-refractivity contribution in [1.82, 2.24) is 9.88 Å². The molecular formula is C19H22FN3O4S. The van der Waals surface area contributed by atoms with Crippen molar-refractivity contribution in [2.75, 3.05) is 30.7 Å². The van der Waals surface area contributed by atoms with Crippen molar-refractivity contribution in [3.8, 4) is 5.88 Å². The molecule has 1 aliphatic heterocycles. The monoisotopic (exact) mass is 407 g/mol. The first-order valence-corrected chi connectivity index (χ1v) is 10.7. The Labute approximate surface area is 163 Å². The number of piperidine rings is 1. The highest BCUT2D eigenvalue weighted by Gasteiger charge is 2.25. The summed E-state index contributed by atoms with van der Waals surface area (Å²) >= 11 is 0. The molecule has 1 amide bonds. The molecule has 2 heterocycles. The number of hydrogen-bond donors (Lipinski definition) is 0. The minimum absolute atomic E-state index is 0.0803. The smallest absolute Gasteiger partial charge is 0.253 e. The molecular weight excluding hydrogens is 385 g/mol. The van der Waals surface area contributed by atoms with Gasteiger partial charge in [0.25, 0.3) is 5.91 Å². The molecule has 0 N–H and O–H groups in total. The Morgan fingerprint density at radius 2 is 1.82 bits per heavy atom. The van der Waals surface area contributed by atoms with Gasteiger partial charge in [0.15, 0.2) is 0 Å². The van der Waals surface area contributed by atoms with E-state index in [1.165, 1.54) is 37.5 Å². The first-order valence-electron chi connectivity index (χ1n) is 8.85. The molecule has 7 nitrogen and oxygen atoms in total. The van der Waals surface area contributed by atoms with Gasteiger partial charge in [-0.3, -0.25) is 9.10 Å². The molecule has 2 aromatic rings. The van der Waals surface area contributed by atoms with Crippen molar-refractivity contribution < 1.29 is 22.3 Å². The van der Waals surface area contributed by atoms with E-state index in [-0.39, 0.29) is 17.8 Å². The van der Waals surface area contributed by atoms with Crippen LogP contribution in [0.25, 0.3) is 0 Å². The van der Waals surface area contributed by atoms with Gasteiger partial charge in [0.05, 0.1) is 18.1 Å². The van der Waals surface area contributed by atoms with Crippen molar-refractivity contribution >= 4 is 21.6 Å². The first-order chi connectivity index (χ1) is 13.2. The molecule has 0 saturated carbocycles. The normalized spacial score (nSPS) is 15.3. The zero-order chi connectivity index (χ0) is 20.3. The maximum Gasteiger partial charge on any atom is 0.253 e. The Balaban J connectivity index is 1.54. The molecule has 1 aliphatic rings. The number of ether oxygens (including phenoxy) is 1. The number of likely N-dealkylation sites (tertiary alicyclic amines) is 1. The van der Waals surface area contributed by atoms with E-state index in [0.717, 1.165) is 10.6 Å². The maximum atomic E-state index is 13.0. The lowest BCUT2D eigenvalue weighted by atomic mass is 10.1. The molecule has 1 aromatic carbocycles. The van der Waals surface area contributed by atoms with Crippen molar-refractivity contribution in [3.63, 3.8) is 0 Å². The number of benzene rings is 1. The van der Waals surface area contributed by atoms with Crippen LogP contribution >= 0.6 is 0 Å². The second-order valence-electron chi connectivity index (χ2n) is 6.70. The van der Waals surface area contributed by atoms with Gasteiger partial charge >= 0.3 is 0 Å². The zero-order valence-electron chi connectivity index (χ0n) is 15.7. The summed E-state index contributed by atoms with van der Waals surface area (Å²) in [6.45, 7) is 1.07. The summed E-state index contributed by atoms with van der Waals surface area (Å²) in [5.74, 6) is -0.0800. The number of pyridine rings is 1. The molecule has 3 rings (SSSR count). The molecule has 0 atom stereocenters. The summed E-state index contributed by atoms with van der Waals surface area (Å²) in [5.41, 5.74) is 0.919. The molecule has 9 heteroatoms. The topological polar surface area (TPSA) is 79.8 Å². The van der Waals surface area contributed by atoms with Crippen LogP contribution in [-0.4, -0.2) is 56.7 Å². The predicted octanol–water partition coefficient (Wildman–Crippen LogP) is 2.30. The molecule has 0 bridgehead atoms. The molecule has 1 saturated heterocycles. The Hall–Kier alpha value is -2.68. The highest BCUT2D eigenvalue weighted by atomic mass is 32.2. The molecule has 150 valence electrons. The average molecular weight is 407 g/mol. The number of carbonyl (C=O) groups is 1. The minimum Gasteiger partial charge on any atom is -0.474 e.